The Bertz CT molecular complexity index is 206. The molecule has 0 spiro atoms. The summed E-state index contributed by atoms with van der Waals surface area (Å²) in [7, 11) is 4.76. The fourth-order valence-electron chi connectivity index (χ4n) is 0.789. The zero-order valence-corrected chi connectivity index (χ0v) is 9.56. The minimum Gasteiger partial charge on any atom is -0.516 e. The molecule has 0 aromatic heterocycles. The second kappa shape index (κ2) is 4.58. The molecule has 0 unspecified atom stereocenters. The van der Waals surface area contributed by atoms with Gasteiger partial charge in [-0.25, -0.2) is 0 Å². The van der Waals surface area contributed by atoms with Gasteiger partial charge in [0.15, 0.2) is 0 Å². The first-order valence-corrected chi connectivity index (χ1v) is 6.89. The van der Waals surface area contributed by atoms with Gasteiger partial charge in [-0.2, -0.15) is 12.1 Å². The number of halogens is 1. The Morgan fingerprint density at radius 1 is 1.36 bits per heavy atom. The van der Waals surface area contributed by atoms with Crippen LogP contribution in [0, 0.1) is 6.07 Å². The van der Waals surface area contributed by atoms with Crippen LogP contribution in [0.4, 0.5) is 0 Å². The molecule has 0 radical (unpaired) electrons. The molecule has 0 amide bonds. The van der Waals surface area contributed by atoms with E-state index in [1.165, 1.54) is 0 Å². The van der Waals surface area contributed by atoms with E-state index in [9.17, 15) is 0 Å². The molecule has 11 heavy (non-hydrogen) atoms. The molecule has 54 valence electrons. The van der Waals surface area contributed by atoms with Crippen LogP contribution in [-0.4, -0.2) is 6.79 Å². The van der Waals surface area contributed by atoms with E-state index in [1.54, 1.807) is 12.1 Å². The van der Waals surface area contributed by atoms with Crippen molar-refractivity contribution in [3.63, 3.8) is 0 Å². The summed E-state index contributed by atoms with van der Waals surface area (Å²) in [5, 5.41) is 0. The van der Waals surface area contributed by atoms with E-state index >= 15 is 0 Å². The summed E-state index contributed by atoms with van der Waals surface area (Å²) in [5.41, 5.74) is 0. The Labute approximate surface area is 79.2 Å². The molecule has 2 rings (SSSR count). The van der Waals surface area contributed by atoms with Crippen LogP contribution in [0.3, 0.4) is 0 Å². The molecule has 1 heterocycles. The second-order valence-electron chi connectivity index (χ2n) is 1.78. The molecular weight excluding hydrogens is 217 g/mol. The maximum atomic E-state index is 5.06. The first-order valence-electron chi connectivity index (χ1n) is 2.99. The summed E-state index contributed by atoms with van der Waals surface area (Å²) in [6.45, 7) is 0.340. The SMILES string of the molecule is [Cl][Zn+].[c-]1ccc2c(c1)OCO2. The average Bonchev–Trinajstić information content (AvgIpc) is 2.55. The zero-order valence-electron chi connectivity index (χ0n) is 5.84. The summed E-state index contributed by atoms with van der Waals surface area (Å²) in [4.78, 5) is 0. The van der Waals surface area contributed by atoms with E-state index in [-0.39, 0.29) is 0 Å². The zero-order chi connectivity index (χ0) is 8.10. The van der Waals surface area contributed by atoms with Crippen LogP contribution >= 0.6 is 9.69 Å². The van der Waals surface area contributed by atoms with Crippen molar-refractivity contribution in [3.8, 4) is 11.5 Å². The monoisotopic (exact) mass is 220 g/mol. The van der Waals surface area contributed by atoms with E-state index in [1.807, 2.05) is 6.07 Å². The predicted molar refractivity (Wildman–Crippen MR) is 37.3 cm³/mol. The number of rotatable bonds is 0. The number of benzene rings is 1. The first-order chi connectivity index (χ1) is 5.47. The molecular formula is C7H5ClO2Zn. The van der Waals surface area contributed by atoms with E-state index in [0.29, 0.717) is 6.79 Å². The van der Waals surface area contributed by atoms with Crippen molar-refractivity contribution in [2.24, 2.45) is 0 Å². The quantitative estimate of drug-likeness (QED) is 0.493. The minimum absolute atomic E-state index is 0.340. The van der Waals surface area contributed by atoms with Crippen molar-refractivity contribution in [1.82, 2.24) is 0 Å². The Kier molecular flexibility index (Phi) is 3.67. The number of hydrogen-bond acceptors (Lipinski definition) is 2. The van der Waals surface area contributed by atoms with Gasteiger partial charge in [0.2, 0.25) is 6.79 Å². The fourth-order valence-corrected chi connectivity index (χ4v) is 0.789. The van der Waals surface area contributed by atoms with Gasteiger partial charge in [-0.15, -0.1) is 12.1 Å². The van der Waals surface area contributed by atoms with Crippen molar-refractivity contribution in [1.29, 1.82) is 0 Å². The van der Waals surface area contributed by atoms with E-state index in [0.717, 1.165) is 28.8 Å². The van der Waals surface area contributed by atoms with Gasteiger partial charge in [0.05, 0.1) is 11.5 Å². The Morgan fingerprint density at radius 3 is 2.82 bits per heavy atom. The normalized spacial score (nSPS) is 11.9. The standard InChI is InChI=1S/C7H5O2.ClH.Zn/c1-2-4-7-6(3-1)8-5-9-7;;/h1,3-4H,5H2;1H;/q-1;;+2/p-1. The van der Waals surface area contributed by atoms with Crippen LogP contribution < -0.4 is 9.47 Å². The summed E-state index contributed by atoms with van der Waals surface area (Å²) >= 11 is 0.847. The summed E-state index contributed by atoms with van der Waals surface area (Å²) in [6, 6.07) is 8.29. The molecule has 0 N–H and O–H groups in total. The largest absolute Gasteiger partial charge is 0.516 e. The fraction of sp³-hybridized carbons (Fsp3) is 0.143. The Morgan fingerprint density at radius 2 is 2.09 bits per heavy atom. The molecule has 4 heteroatoms. The molecule has 0 bridgehead atoms. The van der Waals surface area contributed by atoms with Crippen molar-refractivity contribution in [2.45, 2.75) is 0 Å². The van der Waals surface area contributed by atoms with E-state index in [4.69, 9.17) is 19.2 Å². The maximum Gasteiger partial charge on any atom is 0.215 e. The van der Waals surface area contributed by atoms with Crippen molar-refractivity contribution in [3.05, 3.63) is 24.3 Å². The Hall–Kier alpha value is -0.267. The molecule has 1 aromatic rings. The van der Waals surface area contributed by atoms with Gasteiger partial charge in [-0.05, 0) is 0 Å². The topological polar surface area (TPSA) is 18.5 Å². The first kappa shape index (κ1) is 8.83. The smallest absolute Gasteiger partial charge is 0.215 e. The summed E-state index contributed by atoms with van der Waals surface area (Å²) in [5.74, 6) is 1.60. The van der Waals surface area contributed by atoms with Crippen LogP contribution in [-0.2, 0) is 17.3 Å². The average molecular weight is 222 g/mol. The molecule has 1 aliphatic rings. The van der Waals surface area contributed by atoms with E-state index < -0.39 is 0 Å². The second-order valence-corrected chi connectivity index (χ2v) is 1.78. The van der Waals surface area contributed by atoms with E-state index in [2.05, 4.69) is 6.07 Å². The minimum atomic E-state index is 0.340. The van der Waals surface area contributed by atoms with Crippen LogP contribution in [0.1, 0.15) is 0 Å². The van der Waals surface area contributed by atoms with Crippen LogP contribution in [0.15, 0.2) is 18.2 Å². The van der Waals surface area contributed by atoms with Crippen molar-refractivity contribution in [2.75, 3.05) is 6.79 Å². The molecule has 0 atom stereocenters. The van der Waals surface area contributed by atoms with Gasteiger partial charge in [0, 0.05) is 0 Å². The van der Waals surface area contributed by atoms with Crippen LogP contribution in [0.2, 0.25) is 0 Å². The molecule has 1 aliphatic heterocycles. The molecule has 0 saturated carbocycles. The van der Waals surface area contributed by atoms with Crippen molar-refractivity contribution < 1.29 is 26.8 Å². The van der Waals surface area contributed by atoms with Gasteiger partial charge in [-0.1, -0.05) is 0 Å². The van der Waals surface area contributed by atoms with Gasteiger partial charge in [0.1, 0.15) is 0 Å². The summed E-state index contributed by atoms with van der Waals surface area (Å²) in [6.07, 6.45) is 0. The summed E-state index contributed by atoms with van der Waals surface area (Å²) < 4.78 is 10.1. The molecule has 0 aliphatic carbocycles. The predicted octanol–water partition coefficient (Wildman–Crippen LogP) is 1.90. The van der Waals surface area contributed by atoms with Gasteiger partial charge >= 0.3 is 27.0 Å². The Balaban J connectivity index is 0.000000281. The third-order valence-corrected chi connectivity index (χ3v) is 1.22. The van der Waals surface area contributed by atoms with Gasteiger partial charge in [0.25, 0.3) is 0 Å². The maximum absolute atomic E-state index is 5.06. The molecule has 1 aromatic carbocycles. The third-order valence-electron chi connectivity index (χ3n) is 1.22. The molecule has 0 fully saturated rings. The number of ether oxygens (including phenoxy) is 2. The number of hydrogen-bond donors (Lipinski definition) is 0. The number of fused-ring (bicyclic) bond motifs is 1. The third kappa shape index (κ3) is 2.08. The van der Waals surface area contributed by atoms with Crippen LogP contribution in [0.25, 0.3) is 0 Å². The van der Waals surface area contributed by atoms with Gasteiger partial charge < -0.3 is 9.47 Å². The van der Waals surface area contributed by atoms with Gasteiger partial charge in [-0.3, -0.25) is 0 Å². The molecule has 0 saturated heterocycles. The van der Waals surface area contributed by atoms with Crippen LogP contribution in [0.5, 0.6) is 11.5 Å². The van der Waals surface area contributed by atoms with Crippen molar-refractivity contribution >= 4 is 9.69 Å². The molecule has 2 nitrogen and oxygen atoms in total.